The molecule has 3 rings (SSSR count). The highest BCUT2D eigenvalue weighted by molar-refractivity contribution is 5.94. The highest BCUT2D eigenvalue weighted by Gasteiger charge is 2.05. The van der Waals surface area contributed by atoms with Crippen molar-refractivity contribution in [1.82, 2.24) is 9.97 Å². The fraction of sp³-hybridized carbons (Fsp3) is 0.0667. The van der Waals surface area contributed by atoms with Crippen molar-refractivity contribution in [3.05, 3.63) is 60.4 Å². The van der Waals surface area contributed by atoms with E-state index >= 15 is 0 Å². The Bertz CT molecular complexity index is 669. The number of hydrogen-bond donors (Lipinski definition) is 0. The molecule has 0 aliphatic carbocycles. The van der Waals surface area contributed by atoms with Crippen LogP contribution >= 0.6 is 0 Å². The second-order valence-electron chi connectivity index (χ2n) is 4.05. The monoisotopic (exact) mass is 220 g/mol. The minimum atomic E-state index is 0.793. The third-order valence-corrected chi connectivity index (χ3v) is 2.83. The van der Waals surface area contributed by atoms with Crippen molar-refractivity contribution in [3.63, 3.8) is 0 Å². The van der Waals surface area contributed by atoms with Gasteiger partial charge in [0.15, 0.2) is 5.82 Å². The van der Waals surface area contributed by atoms with Crippen molar-refractivity contribution in [2.75, 3.05) is 0 Å². The smallest absolute Gasteiger partial charge is 0.159 e. The lowest BCUT2D eigenvalue weighted by atomic mass is 10.0. The molecule has 0 fully saturated rings. The zero-order chi connectivity index (χ0) is 11.7. The molecular formula is C15H12N2. The first-order chi connectivity index (χ1) is 8.34. The van der Waals surface area contributed by atoms with Gasteiger partial charge in [-0.1, -0.05) is 42.5 Å². The van der Waals surface area contributed by atoms with Crippen molar-refractivity contribution in [2.24, 2.45) is 0 Å². The molecule has 17 heavy (non-hydrogen) atoms. The van der Waals surface area contributed by atoms with E-state index in [1.54, 1.807) is 6.20 Å². The fourth-order valence-corrected chi connectivity index (χ4v) is 2.00. The van der Waals surface area contributed by atoms with Crippen LogP contribution in [0.3, 0.4) is 0 Å². The molecule has 0 amide bonds. The molecule has 82 valence electrons. The van der Waals surface area contributed by atoms with Gasteiger partial charge >= 0.3 is 0 Å². The first-order valence-corrected chi connectivity index (χ1v) is 5.62. The molecule has 0 saturated carbocycles. The van der Waals surface area contributed by atoms with E-state index in [1.807, 2.05) is 31.2 Å². The Morgan fingerprint density at radius 1 is 0.882 bits per heavy atom. The SMILES string of the molecule is Cc1ccnc(-c2cccc3ccccc23)n1. The van der Waals surface area contributed by atoms with Crippen molar-refractivity contribution in [1.29, 1.82) is 0 Å². The number of nitrogens with zero attached hydrogens (tertiary/aromatic N) is 2. The van der Waals surface area contributed by atoms with Crippen LogP contribution in [0.1, 0.15) is 5.69 Å². The number of aromatic nitrogens is 2. The molecular weight excluding hydrogens is 208 g/mol. The summed E-state index contributed by atoms with van der Waals surface area (Å²) in [5.41, 5.74) is 2.08. The van der Waals surface area contributed by atoms with Gasteiger partial charge < -0.3 is 0 Å². The van der Waals surface area contributed by atoms with Gasteiger partial charge in [0.2, 0.25) is 0 Å². The highest BCUT2D eigenvalue weighted by atomic mass is 14.9. The normalized spacial score (nSPS) is 10.6. The molecule has 2 heteroatoms. The van der Waals surface area contributed by atoms with Gasteiger partial charge in [-0.3, -0.25) is 0 Å². The summed E-state index contributed by atoms with van der Waals surface area (Å²) in [6.45, 7) is 1.98. The Balaban J connectivity index is 2.30. The average Bonchev–Trinajstić information content (AvgIpc) is 2.38. The molecule has 0 spiro atoms. The fourth-order valence-electron chi connectivity index (χ4n) is 2.00. The van der Waals surface area contributed by atoms with E-state index in [-0.39, 0.29) is 0 Å². The van der Waals surface area contributed by atoms with Crippen LogP contribution in [0.15, 0.2) is 54.7 Å². The molecule has 0 saturated heterocycles. The second-order valence-corrected chi connectivity index (χ2v) is 4.05. The maximum absolute atomic E-state index is 4.48. The van der Waals surface area contributed by atoms with E-state index < -0.39 is 0 Å². The first kappa shape index (κ1) is 9.97. The molecule has 3 aromatic rings. The molecule has 1 heterocycles. The summed E-state index contributed by atoms with van der Waals surface area (Å²) < 4.78 is 0. The Morgan fingerprint density at radius 3 is 2.59 bits per heavy atom. The molecule has 0 N–H and O–H groups in total. The molecule has 0 atom stereocenters. The van der Waals surface area contributed by atoms with E-state index in [9.17, 15) is 0 Å². The van der Waals surface area contributed by atoms with E-state index in [0.29, 0.717) is 0 Å². The molecule has 0 aliphatic heterocycles. The first-order valence-electron chi connectivity index (χ1n) is 5.62. The quantitative estimate of drug-likeness (QED) is 0.626. The lowest BCUT2D eigenvalue weighted by Gasteiger charge is -2.05. The molecule has 0 radical (unpaired) electrons. The summed E-state index contributed by atoms with van der Waals surface area (Å²) in [7, 11) is 0. The highest BCUT2D eigenvalue weighted by Crippen LogP contribution is 2.25. The van der Waals surface area contributed by atoms with Gasteiger partial charge in [-0.25, -0.2) is 9.97 Å². The van der Waals surface area contributed by atoms with Crippen molar-refractivity contribution < 1.29 is 0 Å². The van der Waals surface area contributed by atoms with Crippen LogP contribution in [0.2, 0.25) is 0 Å². The summed E-state index contributed by atoms with van der Waals surface area (Å²) in [5, 5.41) is 2.41. The van der Waals surface area contributed by atoms with E-state index in [0.717, 1.165) is 17.1 Å². The van der Waals surface area contributed by atoms with Gasteiger partial charge in [0.25, 0.3) is 0 Å². The minimum absolute atomic E-state index is 0.793. The zero-order valence-corrected chi connectivity index (χ0v) is 9.59. The van der Waals surface area contributed by atoms with E-state index in [1.165, 1.54) is 10.8 Å². The minimum Gasteiger partial charge on any atom is -0.237 e. The van der Waals surface area contributed by atoms with Crippen LogP contribution < -0.4 is 0 Å². The number of hydrogen-bond acceptors (Lipinski definition) is 2. The molecule has 1 aromatic heterocycles. The summed E-state index contributed by atoms with van der Waals surface area (Å²) in [4.78, 5) is 8.83. The zero-order valence-electron chi connectivity index (χ0n) is 9.59. The van der Waals surface area contributed by atoms with E-state index in [4.69, 9.17) is 0 Å². The maximum atomic E-state index is 4.48. The van der Waals surface area contributed by atoms with Crippen molar-refractivity contribution >= 4 is 10.8 Å². The lowest BCUT2D eigenvalue weighted by molar-refractivity contribution is 1.11. The van der Waals surface area contributed by atoms with Crippen LogP contribution in [0.25, 0.3) is 22.2 Å². The largest absolute Gasteiger partial charge is 0.237 e. The predicted molar refractivity (Wildman–Crippen MR) is 69.7 cm³/mol. The summed E-state index contributed by atoms with van der Waals surface area (Å²) in [5.74, 6) is 0.793. The van der Waals surface area contributed by atoms with Crippen LogP contribution in [0.4, 0.5) is 0 Å². The van der Waals surface area contributed by atoms with Crippen LogP contribution in [-0.4, -0.2) is 9.97 Å². The summed E-state index contributed by atoms with van der Waals surface area (Å²) in [6, 6.07) is 16.4. The molecule has 2 nitrogen and oxygen atoms in total. The number of benzene rings is 2. The molecule has 0 unspecified atom stereocenters. The second kappa shape index (κ2) is 3.98. The van der Waals surface area contributed by atoms with Crippen LogP contribution in [0, 0.1) is 6.92 Å². The summed E-state index contributed by atoms with van der Waals surface area (Å²) in [6.07, 6.45) is 1.80. The van der Waals surface area contributed by atoms with Gasteiger partial charge in [-0.2, -0.15) is 0 Å². The number of rotatable bonds is 1. The van der Waals surface area contributed by atoms with Crippen LogP contribution in [-0.2, 0) is 0 Å². The van der Waals surface area contributed by atoms with Gasteiger partial charge in [0.05, 0.1) is 0 Å². The molecule has 2 aromatic carbocycles. The van der Waals surface area contributed by atoms with Gasteiger partial charge in [-0.05, 0) is 23.8 Å². The van der Waals surface area contributed by atoms with Crippen LogP contribution in [0.5, 0.6) is 0 Å². The Morgan fingerprint density at radius 2 is 1.71 bits per heavy atom. The van der Waals surface area contributed by atoms with Gasteiger partial charge in [0, 0.05) is 17.5 Å². The van der Waals surface area contributed by atoms with Gasteiger partial charge in [-0.15, -0.1) is 0 Å². The van der Waals surface area contributed by atoms with Crippen molar-refractivity contribution in [3.8, 4) is 11.4 Å². The number of fused-ring (bicyclic) bond motifs is 1. The molecule has 0 aliphatic rings. The Labute approximate surface area is 100.0 Å². The maximum Gasteiger partial charge on any atom is 0.159 e. The third kappa shape index (κ3) is 1.78. The number of aryl methyl sites for hydroxylation is 1. The average molecular weight is 220 g/mol. The predicted octanol–water partition coefficient (Wildman–Crippen LogP) is 3.61. The molecule has 0 bridgehead atoms. The lowest BCUT2D eigenvalue weighted by Crippen LogP contribution is -1.91. The third-order valence-electron chi connectivity index (χ3n) is 2.83. The standard InChI is InChI=1S/C15H12N2/c1-11-9-10-16-15(17-11)14-8-4-6-12-5-2-3-7-13(12)14/h2-10H,1H3. The van der Waals surface area contributed by atoms with Gasteiger partial charge in [0.1, 0.15) is 0 Å². The topological polar surface area (TPSA) is 25.8 Å². The van der Waals surface area contributed by atoms with E-state index in [2.05, 4.69) is 34.2 Å². The van der Waals surface area contributed by atoms with Crippen molar-refractivity contribution in [2.45, 2.75) is 6.92 Å². The Hall–Kier alpha value is -2.22. The Kier molecular flexibility index (Phi) is 2.33. The summed E-state index contributed by atoms with van der Waals surface area (Å²) >= 11 is 0.